The van der Waals surface area contributed by atoms with E-state index in [0.717, 1.165) is 25.1 Å². The Morgan fingerprint density at radius 1 is 1.18 bits per heavy atom. The molecule has 0 aliphatic heterocycles. The van der Waals surface area contributed by atoms with E-state index < -0.39 is 0 Å². The number of carbonyl (C=O) groups is 1. The molecule has 1 amide bonds. The number of aromatic nitrogens is 1. The van der Waals surface area contributed by atoms with Gasteiger partial charge in [-0.2, -0.15) is 0 Å². The summed E-state index contributed by atoms with van der Waals surface area (Å²) in [5, 5.41) is 2.87. The van der Waals surface area contributed by atoms with Gasteiger partial charge in [-0.15, -0.1) is 0 Å². The fourth-order valence-corrected chi connectivity index (χ4v) is 2.16. The van der Waals surface area contributed by atoms with Gasteiger partial charge in [0.1, 0.15) is 5.69 Å². The molecule has 0 spiro atoms. The third kappa shape index (κ3) is 4.58. The fraction of sp³-hybridized carbons (Fsp3) is 0.333. The van der Waals surface area contributed by atoms with Gasteiger partial charge in [0.15, 0.2) is 0 Å². The Balaban J connectivity index is 1.94. The van der Waals surface area contributed by atoms with Crippen LogP contribution in [0.5, 0.6) is 0 Å². The lowest BCUT2D eigenvalue weighted by Crippen LogP contribution is -2.25. The number of rotatable bonds is 7. The zero-order valence-electron chi connectivity index (χ0n) is 13.2. The molecule has 0 bridgehead atoms. The minimum Gasteiger partial charge on any atom is -0.369 e. The van der Waals surface area contributed by atoms with Gasteiger partial charge in [0, 0.05) is 20.1 Å². The number of pyridine rings is 1. The SMILES string of the molecule is CCCCNC(=O)c1ccc(N(C)Cc2ccccc2)cn1. The summed E-state index contributed by atoms with van der Waals surface area (Å²) in [4.78, 5) is 18.3. The van der Waals surface area contributed by atoms with Crippen LogP contribution in [0, 0.1) is 0 Å². The summed E-state index contributed by atoms with van der Waals surface area (Å²) in [6.07, 6.45) is 3.80. The number of unbranched alkanes of at least 4 members (excludes halogenated alkanes) is 1. The summed E-state index contributed by atoms with van der Waals surface area (Å²) >= 11 is 0. The number of carbonyl (C=O) groups excluding carboxylic acids is 1. The van der Waals surface area contributed by atoms with Gasteiger partial charge >= 0.3 is 0 Å². The van der Waals surface area contributed by atoms with Crippen molar-refractivity contribution in [3.63, 3.8) is 0 Å². The maximum Gasteiger partial charge on any atom is 0.269 e. The van der Waals surface area contributed by atoms with Crippen LogP contribution < -0.4 is 10.2 Å². The van der Waals surface area contributed by atoms with Gasteiger partial charge in [-0.25, -0.2) is 4.98 Å². The average Bonchev–Trinajstić information content (AvgIpc) is 2.56. The summed E-state index contributed by atoms with van der Waals surface area (Å²) in [7, 11) is 2.02. The molecule has 4 nitrogen and oxygen atoms in total. The molecule has 4 heteroatoms. The number of hydrogen-bond acceptors (Lipinski definition) is 3. The largest absolute Gasteiger partial charge is 0.369 e. The first kappa shape index (κ1) is 16.0. The summed E-state index contributed by atoms with van der Waals surface area (Å²) in [6, 6.07) is 14.0. The highest BCUT2D eigenvalue weighted by molar-refractivity contribution is 5.92. The van der Waals surface area contributed by atoms with E-state index in [1.165, 1.54) is 5.56 Å². The average molecular weight is 297 g/mol. The Bertz CT molecular complexity index is 581. The van der Waals surface area contributed by atoms with E-state index in [1.54, 1.807) is 12.3 Å². The van der Waals surface area contributed by atoms with Gasteiger partial charge in [-0.1, -0.05) is 43.7 Å². The molecule has 1 aromatic carbocycles. The van der Waals surface area contributed by atoms with Crippen LogP contribution in [-0.4, -0.2) is 24.5 Å². The van der Waals surface area contributed by atoms with Crippen molar-refractivity contribution in [2.24, 2.45) is 0 Å². The summed E-state index contributed by atoms with van der Waals surface area (Å²) in [5.41, 5.74) is 2.70. The molecule has 0 radical (unpaired) electrons. The standard InChI is InChI=1S/C18H23N3O/c1-3-4-12-19-18(22)17-11-10-16(13-20-17)21(2)14-15-8-6-5-7-9-15/h5-11,13H,3-4,12,14H2,1-2H3,(H,19,22). The highest BCUT2D eigenvalue weighted by Crippen LogP contribution is 2.14. The van der Waals surface area contributed by atoms with Crippen LogP contribution in [0.3, 0.4) is 0 Å². The van der Waals surface area contributed by atoms with Crippen molar-refractivity contribution in [2.45, 2.75) is 26.3 Å². The normalized spacial score (nSPS) is 10.3. The number of nitrogens with one attached hydrogen (secondary N) is 1. The molecule has 0 aliphatic carbocycles. The van der Waals surface area contributed by atoms with Crippen LogP contribution in [0.2, 0.25) is 0 Å². The van der Waals surface area contributed by atoms with Crippen LogP contribution in [0.4, 0.5) is 5.69 Å². The van der Waals surface area contributed by atoms with Crippen molar-refractivity contribution in [3.8, 4) is 0 Å². The van der Waals surface area contributed by atoms with E-state index in [4.69, 9.17) is 0 Å². The maximum absolute atomic E-state index is 11.9. The van der Waals surface area contributed by atoms with E-state index in [2.05, 4.69) is 34.3 Å². The molecule has 0 fully saturated rings. The quantitative estimate of drug-likeness (QED) is 0.798. The smallest absolute Gasteiger partial charge is 0.269 e. The molecule has 116 valence electrons. The highest BCUT2D eigenvalue weighted by atomic mass is 16.1. The van der Waals surface area contributed by atoms with Gasteiger partial charge in [0.05, 0.1) is 11.9 Å². The van der Waals surface area contributed by atoms with E-state index in [-0.39, 0.29) is 5.91 Å². The molecule has 1 aromatic heterocycles. The molecule has 1 heterocycles. The molecular formula is C18H23N3O. The first-order chi connectivity index (χ1) is 10.7. The number of nitrogens with zero attached hydrogens (tertiary/aromatic N) is 2. The molecule has 2 aromatic rings. The number of hydrogen-bond donors (Lipinski definition) is 1. The highest BCUT2D eigenvalue weighted by Gasteiger charge is 2.08. The van der Waals surface area contributed by atoms with E-state index in [9.17, 15) is 4.79 Å². The number of benzene rings is 1. The van der Waals surface area contributed by atoms with E-state index in [1.807, 2.05) is 31.3 Å². The fourth-order valence-electron chi connectivity index (χ4n) is 2.16. The lowest BCUT2D eigenvalue weighted by atomic mass is 10.2. The van der Waals surface area contributed by atoms with Crippen LogP contribution >= 0.6 is 0 Å². The van der Waals surface area contributed by atoms with Crippen LogP contribution in [0.15, 0.2) is 48.7 Å². The van der Waals surface area contributed by atoms with Gasteiger partial charge < -0.3 is 10.2 Å². The third-order valence-corrected chi connectivity index (χ3v) is 3.50. The second-order valence-electron chi connectivity index (χ2n) is 5.35. The minimum atomic E-state index is -0.106. The molecule has 0 saturated carbocycles. The zero-order chi connectivity index (χ0) is 15.8. The maximum atomic E-state index is 11.9. The molecule has 2 rings (SSSR count). The number of amides is 1. The summed E-state index contributed by atoms with van der Waals surface area (Å²) < 4.78 is 0. The van der Waals surface area contributed by atoms with Crippen molar-refractivity contribution in [1.29, 1.82) is 0 Å². The predicted molar refractivity (Wildman–Crippen MR) is 90.0 cm³/mol. The molecule has 1 N–H and O–H groups in total. The second kappa shape index (κ2) is 8.17. The molecular weight excluding hydrogens is 274 g/mol. The van der Waals surface area contributed by atoms with Crippen molar-refractivity contribution in [2.75, 3.05) is 18.5 Å². The molecule has 22 heavy (non-hydrogen) atoms. The summed E-state index contributed by atoms with van der Waals surface area (Å²) in [6.45, 7) is 3.61. The molecule has 0 aliphatic rings. The second-order valence-corrected chi connectivity index (χ2v) is 5.35. The van der Waals surface area contributed by atoms with E-state index >= 15 is 0 Å². The van der Waals surface area contributed by atoms with Crippen LogP contribution in [-0.2, 0) is 6.54 Å². The van der Waals surface area contributed by atoms with Crippen molar-refractivity contribution in [1.82, 2.24) is 10.3 Å². The van der Waals surface area contributed by atoms with Crippen LogP contribution in [0.25, 0.3) is 0 Å². The first-order valence-corrected chi connectivity index (χ1v) is 7.70. The predicted octanol–water partition coefficient (Wildman–Crippen LogP) is 3.25. The topological polar surface area (TPSA) is 45.2 Å². The Kier molecular flexibility index (Phi) is 5.95. The zero-order valence-corrected chi connectivity index (χ0v) is 13.2. The number of anilines is 1. The van der Waals surface area contributed by atoms with Crippen molar-refractivity contribution < 1.29 is 4.79 Å². The lowest BCUT2D eigenvalue weighted by Gasteiger charge is -2.19. The van der Waals surface area contributed by atoms with Gasteiger partial charge in [-0.3, -0.25) is 4.79 Å². The molecule has 0 saturated heterocycles. The molecule has 0 unspecified atom stereocenters. The van der Waals surface area contributed by atoms with E-state index in [0.29, 0.717) is 12.2 Å². The Labute approximate surface area is 132 Å². The van der Waals surface area contributed by atoms with Gasteiger partial charge in [0.2, 0.25) is 0 Å². The van der Waals surface area contributed by atoms with Crippen LogP contribution in [0.1, 0.15) is 35.8 Å². The Morgan fingerprint density at radius 3 is 2.59 bits per heavy atom. The van der Waals surface area contributed by atoms with Gasteiger partial charge in [0.25, 0.3) is 5.91 Å². The first-order valence-electron chi connectivity index (χ1n) is 7.70. The molecule has 0 atom stereocenters. The third-order valence-electron chi connectivity index (χ3n) is 3.50. The van der Waals surface area contributed by atoms with Gasteiger partial charge in [-0.05, 0) is 24.1 Å². The van der Waals surface area contributed by atoms with Crippen molar-refractivity contribution >= 4 is 11.6 Å². The van der Waals surface area contributed by atoms with Crippen molar-refractivity contribution in [3.05, 3.63) is 59.9 Å². The lowest BCUT2D eigenvalue weighted by molar-refractivity contribution is 0.0948. The Hall–Kier alpha value is -2.36. The summed E-state index contributed by atoms with van der Waals surface area (Å²) in [5.74, 6) is -0.106. The monoisotopic (exact) mass is 297 g/mol. The minimum absolute atomic E-state index is 0.106. The Morgan fingerprint density at radius 2 is 1.95 bits per heavy atom.